The maximum absolute atomic E-state index is 11.4. The van der Waals surface area contributed by atoms with Crippen LogP contribution in [0.5, 0.6) is 5.75 Å². The van der Waals surface area contributed by atoms with Crippen LogP contribution in [0.4, 0.5) is 0 Å². The minimum Gasteiger partial charge on any atom is -0.506 e. The summed E-state index contributed by atoms with van der Waals surface area (Å²) in [7, 11) is 0. The molecule has 0 heterocycles. The Labute approximate surface area is 84.7 Å². The van der Waals surface area contributed by atoms with Gasteiger partial charge in [0.15, 0.2) is 5.78 Å². The molecule has 0 radical (unpaired) electrons. The Balaban J connectivity index is 3.01. The van der Waals surface area contributed by atoms with Crippen molar-refractivity contribution in [1.29, 1.82) is 0 Å². The number of carbonyl (C=O) groups is 1. The van der Waals surface area contributed by atoms with Crippen molar-refractivity contribution in [3.05, 3.63) is 28.2 Å². The molecule has 0 aliphatic rings. The van der Waals surface area contributed by atoms with Gasteiger partial charge in [0.1, 0.15) is 5.75 Å². The number of nitrogens with two attached hydrogens (primary N) is 1. The molecule has 0 aliphatic heterocycles. The lowest BCUT2D eigenvalue weighted by Crippen LogP contribution is -2.08. The first-order valence-electron chi connectivity index (χ1n) is 3.87. The molecule has 0 saturated heterocycles. The first-order chi connectivity index (χ1) is 6.16. The van der Waals surface area contributed by atoms with Gasteiger partial charge < -0.3 is 10.8 Å². The third-order valence-electron chi connectivity index (χ3n) is 1.66. The molecule has 0 aliphatic carbocycles. The van der Waals surface area contributed by atoms with Crippen molar-refractivity contribution in [2.75, 3.05) is 6.54 Å². The van der Waals surface area contributed by atoms with Gasteiger partial charge in [0, 0.05) is 6.42 Å². The van der Waals surface area contributed by atoms with E-state index in [4.69, 9.17) is 5.73 Å². The molecule has 0 unspecified atom stereocenters. The van der Waals surface area contributed by atoms with Crippen molar-refractivity contribution in [3.8, 4) is 5.75 Å². The topological polar surface area (TPSA) is 63.3 Å². The van der Waals surface area contributed by atoms with Crippen LogP contribution in [0.3, 0.4) is 0 Å². The zero-order valence-corrected chi connectivity index (χ0v) is 8.54. The van der Waals surface area contributed by atoms with Crippen LogP contribution in [0.15, 0.2) is 22.7 Å². The van der Waals surface area contributed by atoms with E-state index >= 15 is 0 Å². The summed E-state index contributed by atoms with van der Waals surface area (Å²) in [6, 6.07) is 4.96. The quantitative estimate of drug-likeness (QED) is 0.795. The summed E-state index contributed by atoms with van der Waals surface area (Å²) in [6.45, 7) is 0.296. The standard InChI is InChI=1S/C9H10BrNO2/c10-7-3-1-2-6(9(7)13)8(12)4-5-11/h1-3,13H,4-5,11H2. The molecule has 13 heavy (non-hydrogen) atoms. The number of Topliss-reactive ketones (excluding diaryl/α,β-unsaturated/α-hetero) is 1. The average Bonchev–Trinajstić information content (AvgIpc) is 2.10. The summed E-state index contributed by atoms with van der Waals surface area (Å²) >= 11 is 3.13. The number of phenolic OH excluding ortho intramolecular Hbond substituents is 1. The average molecular weight is 244 g/mol. The van der Waals surface area contributed by atoms with Gasteiger partial charge in [0.2, 0.25) is 0 Å². The van der Waals surface area contributed by atoms with E-state index in [9.17, 15) is 9.90 Å². The van der Waals surface area contributed by atoms with Gasteiger partial charge in [0.25, 0.3) is 0 Å². The highest BCUT2D eigenvalue weighted by Crippen LogP contribution is 2.27. The van der Waals surface area contributed by atoms with Crippen LogP contribution >= 0.6 is 15.9 Å². The fourth-order valence-corrected chi connectivity index (χ4v) is 1.37. The summed E-state index contributed by atoms with van der Waals surface area (Å²) in [6.07, 6.45) is 0.254. The second-order valence-electron chi connectivity index (χ2n) is 2.60. The fraction of sp³-hybridized carbons (Fsp3) is 0.222. The summed E-state index contributed by atoms with van der Waals surface area (Å²) in [5, 5.41) is 9.49. The van der Waals surface area contributed by atoms with Crippen molar-refractivity contribution in [2.45, 2.75) is 6.42 Å². The van der Waals surface area contributed by atoms with E-state index in [2.05, 4.69) is 15.9 Å². The Kier molecular flexibility index (Phi) is 3.45. The summed E-state index contributed by atoms with van der Waals surface area (Å²) in [4.78, 5) is 11.4. The van der Waals surface area contributed by atoms with Crippen LogP contribution in [-0.4, -0.2) is 17.4 Å². The SMILES string of the molecule is NCCC(=O)c1cccc(Br)c1O. The highest BCUT2D eigenvalue weighted by atomic mass is 79.9. The van der Waals surface area contributed by atoms with Crippen LogP contribution in [0.1, 0.15) is 16.8 Å². The second-order valence-corrected chi connectivity index (χ2v) is 3.45. The van der Waals surface area contributed by atoms with Crippen molar-refractivity contribution >= 4 is 21.7 Å². The van der Waals surface area contributed by atoms with E-state index in [1.165, 1.54) is 0 Å². The number of benzene rings is 1. The minimum absolute atomic E-state index is 0.0130. The predicted molar refractivity (Wildman–Crippen MR) is 53.8 cm³/mol. The second kappa shape index (κ2) is 4.39. The Bertz CT molecular complexity index is 325. The molecule has 1 rings (SSSR count). The lowest BCUT2D eigenvalue weighted by Gasteiger charge is -2.03. The largest absolute Gasteiger partial charge is 0.506 e. The van der Waals surface area contributed by atoms with Gasteiger partial charge >= 0.3 is 0 Å². The van der Waals surface area contributed by atoms with Crippen LogP contribution in [0, 0.1) is 0 Å². The number of rotatable bonds is 3. The number of carbonyl (C=O) groups excluding carboxylic acids is 1. The molecular formula is C9H10BrNO2. The molecular weight excluding hydrogens is 234 g/mol. The first kappa shape index (κ1) is 10.2. The molecule has 0 amide bonds. The summed E-state index contributed by atoms with van der Waals surface area (Å²) in [5.41, 5.74) is 5.56. The van der Waals surface area contributed by atoms with Gasteiger partial charge in [-0.3, -0.25) is 4.79 Å². The number of para-hydroxylation sites is 1. The van der Waals surface area contributed by atoms with Crippen molar-refractivity contribution in [2.24, 2.45) is 5.73 Å². The molecule has 0 saturated carbocycles. The first-order valence-corrected chi connectivity index (χ1v) is 4.67. The van der Waals surface area contributed by atoms with E-state index in [-0.39, 0.29) is 18.0 Å². The molecule has 3 nitrogen and oxygen atoms in total. The van der Waals surface area contributed by atoms with Crippen molar-refractivity contribution in [1.82, 2.24) is 0 Å². The predicted octanol–water partition coefficient (Wildman–Crippen LogP) is 1.69. The van der Waals surface area contributed by atoms with E-state index in [1.807, 2.05) is 0 Å². The number of aromatic hydroxyl groups is 1. The van der Waals surface area contributed by atoms with Gasteiger partial charge in [-0.25, -0.2) is 0 Å². The number of ketones is 1. The Morgan fingerprint density at radius 3 is 2.85 bits per heavy atom. The van der Waals surface area contributed by atoms with Crippen LogP contribution in [0.25, 0.3) is 0 Å². The number of hydrogen-bond acceptors (Lipinski definition) is 3. The van der Waals surface area contributed by atoms with E-state index in [1.54, 1.807) is 18.2 Å². The summed E-state index contributed by atoms with van der Waals surface area (Å²) < 4.78 is 0.523. The molecule has 0 atom stereocenters. The van der Waals surface area contributed by atoms with Gasteiger partial charge in [0.05, 0.1) is 10.0 Å². The number of halogens is 1. The molecule has 70 valence electrons. The minimum atomic E-state index is -0.138. The zero-order valence-electron chi connectivity index (χ0n) is 6.96. The van der Waals surface area contributed by atoms with Crippen molar-refractivity contribution in [3.63, 3.8) is 0 Å². The summed E-state index contributed by atoms with van der Waals surface area (Å²) in [5.74, 6) is -0.151. The third-order valence-corrected chi connectivity index (χ3v) is 2.30. The van der Waals surface area contributed by atoms with Crippen molar-refractivity contribution < 1.29 is 9.90 Å². The molecule has 0 aromatic heterocycles. The Morgan fingerprint density at radius 2 is 2.23 bits per heavy atom. The zero-order chi connectivity index (χ0) is 9.84. The molecule has 3 N–H and O–H groups in total. The van der Waals surface area contributed by atoms with Crippen LogP contribution in [-0.2, 0) is 0 Å². The van der Waals surface area contributed by atoms with Crippen LogP contribution in [0.2, 0.25) is 0 Å². The fourth-order valence-electron chi connectivity index (χ4n) is 1.01. The molecule has 4 heteroatoms. The van der Waals surface area contributed by atoms with E-state index in [0.29, 0.717) is 16.6 Å². The maximum Gasteiger partial charge on any atom is 0.167 e. The smallest absolute Gasteiger partial charge is 0.167 e. The number of hydrogen-bond donors (Lipinski definition) is 2. The monoisotopic (exact) mass is 243 g/mol. The van der Waals surface area contributed by atoms with Gasteiger partial charge in [-0.15, -0.1) is 0 Å². The lowest BCUT2D eigenvalue weighted by molar-refractivity contribution is 0.0983. The maximum atomic E-state index is 11.4. The highest BCUT2D eigenvalue weighted by Gasteiger charge is 2.11. The normalized spacial score (nSPS) is 10.0. The Hall–Kier alpha value is -0.870. The van der Waals surface area contributed by atoms with E-state index in [0.717, 1.165) is 0 Å². The molecule has 1 aromatic carbocycles. The van der Waals surface area contributed by atoms with Gasteiger partial charge in [-0.2, -0.15) is 0 Å². The third kappa shape index (κ3) is 2.29. The van der Waals surface area contributed by atoms with Crippen LogP contribution < -0.4 is 5.73 Å². The molecule has 0 bridgehead atoms. The van der Waals surface area contributed by atoms with Gasteiger partial charge in [-0.1, -0.05) is 6.07 Å². The number of phenols is 1. The molecule has 0 spiro atoms. The molecule has 1 aromatic rings. The highest BCUT2D eigenvalue weighted by molar-refractivity contribution is 9.10. The molecule has 0 fully saturated rings. The Morgan fingerprint density at radius 1 is 1.54 bits per heavy atom. The van der Waals surface area contributed by atoms with Gasteiger partial charge in [-0.05, 0) is 34.6 Å². The lowest BCUT2D eigenvalue weighted by atomic mass is 10.1. The van der Waals surface area contributed by atoms with E-state index < -0.39 is 0 Å².